The molecule has 0 spiro atoms. The number of rotatable bonds is 22. The van der Waals surface area contributed by atoms with Gasteiger partial charge in [-0.3, -0.25) is 43.3 Å². The molecule has 2 aliphatic rings. The van der Waals surface area contributed by atoms with Crippen LogP contribution in [-0.4, -0.2) is 92.8 Å². The van der Waals surface area contributed by atoms with Crippen molar-refractivity contribution in [3.63, 3.8) is 0 Å². The Labute approximate surface area is 391 Å². The van der Waals surface area contributed by atoms with Gasteiger partial charge in [0.2, 0.25) is 23.5 Å². The van der Waals surface area contributed by atoms with Crippen molar-refractivity contribution in [1.29, 1.82) is 0 Å². The van der Waals surface area contributed by atoms with Crippen molar-refractivity contribution in [3.8, 4) is 0 Å². The van der Waals surface area contributed by atoms with Crippen molar-refractivity contribution in [1.82, 2.24) is 30.8 Å². The van der Waals surface area contributed by atoms with E-state index in [1.807, 2.05) is 20.8 Å². The number of benzene rings is 2. The van der Waals surface area contributed by atoms with Crippen LogP contribution in [0.4, 0.5) is 10.5 Å². The maximum atomic E-state index is 14.5. The highest BCUT2D eigenvalue weighted by Gasteiger charge is 2.45. The van der Waals surface area contributed by atoms with E-state index in [1.54, 1.807) is 67.6 Å². The van der Waals surface area contributed by atoms with Gasteiger partial charge in [-0.2, -0.15) is 0 Å². The minimum absolute atomic E-state index is 0.0629. The van der Waals surface area contributed by atoms with Crippen LogP contribution in [0.25, 0.3) is 0 Å². The normalized spacial score (nSPS) is 18.1. The minimum Gasteiger partial charge on any atom is -0.368 e. The Kier molecular flexibility index (Phi) is 18.6. The number of carbonyl (C=O) groups is 9. The Balaban J connectivity index is 1.32. The Hall–Kier alpha value is -6.65. The van der Waals surface area contributed by atoms with E-state index in [4.69, 9.17) is 5.73 Å². The van der Waals surface area contributed by atoms with Crippen molar-refractivity contribution in [2.45, 2.75) is 116 Å². The Morgan fingerprint density at radius 1 is 0.821 bits per heavy atom. The maximum absolute atomic E-state index is 14.5. The van der Waals surface area contributed by atoms with E-state index in [2.05, 4.69) is 31.2 Å². The van der Waals surface area contributed by atoms with Crippen LogP contribution in [0.2, 0.25) is 0 Å². The summed E-state index contributed by atoms with van der Waals surface area (Å²) in [4.78, 5) is 132. The number of nitrogens with one attached hydrogen (secondary N) is 4. The van der Waals surface area contributed by atoms with Gasteiger partial charge in [-0.05, 0) is 48.3 Å². The summed E-state index contributed by atoms with van der Waals surface area (Å²) in [6, 6.07) is 13.6. The lowest BCUT2D eigenvalue weighted by Crippen LogP contribution is -2.51. The first-order valence-corrected chi connectivity index (χ1v) is 23.2. The molecule has 17 nitrogen and oxygen atoms in total. The average Bonchev–Trinajstić information content (AvgIpc) is 3.75. The summed E-state index contributed by atoms with van der Waals surface area (Å²) in [7, 11) is 0. The summed E-state index contributed by atoms with van der Waals surface area (Å²) < 4.78 is 0. The second-order valence-electron chi connectivity index (χ2n) is 18.7. The van der Waals surface area contributed by atoms with Gasteiger partial charge in [-0.25, -0.2) is 9.78 Å². The monoisotopic (exact) mass is 920 g/mol. The first kappa shape index (κ1) is 51.3. The van der Waals surface area contributed by atoms with Crippen LogP contribution < -0.4 is 27.0 Å². The van der Waals surface area contributed by atoms with Crippen LogP contribution in [0.5, 0.6) is 0 Å². The lowest BCUT2D eigenvalue weighted by Gasteiger charge is -2.34. The fourth-order valence-electron chi connectivity index (χ4n) is 8.97. The Bertz CT molecular complexity index is 2230. The number of hydrogen-bond donors (Lipinski definition) is 5. The van der Waals surface area contributed by atoms with E-state index in [1.165, 1.54) is 23.5 Å². The van der Waals surface area contributed by atoms with Gasteiger partial charge in [0.25, 0.3) is 5.91 Å². The van der Waals surface area contributed by atoms with E-state index in [-0.39, 0.29) is 49.7 Å². The molecule has 2 aromatic carbocycles. The average molecular weight is 921 g/mol. The second kappa shape index (κ2) is 24.2. The van der Waals surface area contributed by atoms with Crippen molar-refractivity contribution >= 4 is 58.5 Å². The molecule has 1 aliphatic heterocycles. The molecule has 0 bridgehead atoms. The molecular weight excluding hydrogens is 857 g/mol. The molecule has 1 aromatic heterocycles. The van der Waals surface area contributed by atoms with E-state index < -0.39 is 101 Å². The number of hydrogen-bond acceptors (Lipinski definition) is 11. The molecule has 0 radical (unpaired) electrons. The molecule has 2 heterocycles. The fourth-order valence-corrected chi connectivity index (χ4v) is 8.97. The number of aromatic nitrogens is 2. The number of ketones is 4. The van der Waals surface area contributed by atoms with Crippen LogP contribution >= 0.6 is 0 Å². The highest BCUT2D eigenvalue weighted by molar-refractivity contribution is 6.38. The van der Waals surface area contributed by atoms with Gasteiger partial charge in [0.1, 0.15) is 17.5 Å². The Morgan fingerprint density at radius 2 is 1.49 bits per heavy atom. The zero-order chi connectivity index (χ0) is 48.7. The smallest absolute Gasteiger partial charge is 0.321 e. The molecule has 1 aliphatic carbocycles. The van der Waals surface area contributed by atoms with Crippen LogP contribution in [-0.2, 0) is 33.6 Å². The first-order chi connectivity index (χ1) is 32.0. The summed E-state index contributed by atoms with van der Waals surface area (Å²) >= 11 is 0. The molecule has 6 N–H and O–H groups in total. The van der Waals surface area contributed by atoms with E-state index in [9.17, 15) is 43.2 Å². The second-order valence-corrected chi connectivity index (χ2v) is 18.7. The number of amides is 6. The van der Waals surface area contributed by atoms with Gasteiger partial charge in [0.15, 0.2) is 11.6 Å². The summed E-state index contributed by atoms with van der Waals surface area (Å²) in [6.45, 7) is 7.12. The van der Waals surface area contributed by atoms with Gasteiger partial charge >= 0.3 is 6.03 Å². The number of para-hydroxylation sites is 1. The van der Waals surface area contributed by atoms with Crippen molar-refractivity contribution in [3.05, 3.63) is 90.5 Å². The number of likely N-dealkylation sites (tertiary alicyclic amines) is 1. The molecule has 67 heavy (non-hydrogen) atoms. The topological polar surface area (TPSA) is 257 Å². The summed E-state index contributed by atoms with van der Waals surface area (Å²) in [5.74, 6) is -8.04. The van der Waals surface area contributed by atoms with Gasteiger partial charge in [-0.15, -0.1) is 0 Å². The highest BCUT2D eigenvalue weighted by atomic mass is 16.2. The quantitative estimate of drug-likeness (QED) is 0.0833. The highest BCUT2D eigenvalue weighted by Crippen LogP contribution is 2.34. The molecule has 1 saturated carbocycles. The van der Waals surface area contributed by atoms with E-state index in [0.717, 1.165) is 32.1 Å². The van der Waals surface area contributed by atoms with Crippen LogP contribution in [0.1, 0.15) is 120 Å². The number of carbonyl (C=O) groups excluding carboxylic acids is 9. The third kappa shape index (κ3) is 14.7. The van der Waals surface area contributed by atoms with Crippen molar-refractivity contribution in [2.24, 2.45) is 34.8 Å². The van der Waals surface area contributed by atoms with Crippen molar-refractivity contribution in [2.75, 3.05) is 18.4 Å². The molecule has 1 saturated heterocycles. The maximum Gasteiger partial charge on any atom is 0.321 e. The zero-order valence-corrected chi connectivity index (χ0v) is 38.8. The zero-order valence-electron chi connectivity index (χ0n) is 38.8. The molecule has 1 unspecified atom stereocenters. The number of anilines is 1. The van der Waals surface area contributed by atoms with Gasteiger partial charge in [-0.1, -0.05) is 102 Å². The molecule has 358 valence electrons. The number of Topliss-reactive ketones (excluding diaryl/α,β-unsaturated/α-hetero) is 4. The van der Waals surface area contributed by atoms with Gasteiger partial charge in [0, 0.05) is 68.7 Å². The lowest BCUT2D eigenvalue weighted by atomic mass is 9.74. The number of urea groups is 1. The number of nitrogens with two attached hydrogens (primary N) is 1. The van der Waals surface area contributed by atoms with Crippen LogP contribution in [0, 0.1) is 29.1 Å². The number of primary amides is 1. The predicted molar refractivity (Wildman–Crippen MR) is 249 cm³/mol. The largest absolute Gasteiger partial charge is 0.368 e. The molecular formula is C50H64N8O9. The van der Waals surface area contributed by atoms with Gasteiger partial charge in [0.05, 0.1) is 24.2 Å². The van der Waals surface area contributed by atoms with E-state index >= 15 is 0 Å². The minimum atomic E-state index is -1.14. The standard InChI is InChI=1S/C50H64N8O9/c1-5-15-33(45(63)39(59)22-23-42(62)56-44(46(51)64)32-18-11-7-12-19-32)26-40(60)35-29-58(49(67)54-34-20-13-8-14-21-34)30-38(35)55-47(65)36(50(2,3)4)27-41(61)43(31-16-9-6-10-17-31)57-48(66)37-28-52-24-25-53-37/h7-8,11-14,18-21,24-25,28,31,33,35-36,38,43-44H,5-6,9-10,15-17,22-23,26-27,29-30H2,1-4H3,(H2,51,64)(H,54,67)(H,55,65)(H,56,62)(H,57,66)/t33-,35-,36-,38?,43+,44+/m1/s1. The first-order valence-electron chi connectivity index (χ1n) is 23.2. The molecule has 2 fully saturated rings. The molecule has 3 aromatic rings. The lowest BCUT2D eigenvalue weighted by molar-refractivity contribution is -0.141. The molecule has 6 atom stereocenters. The van der Waals surface area contributed by atoms with Crippen molar-refractivity contribution < 1.29 is 43.2 Å². The molecule has 5 rings (SSSR count). The third-order valence-corrected chi connectivity index (χ3v) is 12.7. The predicted octanol–water partition coefficient (Wildman–Crippen LogP) is 5.06. The summed E-state index contributed by atoms with van der Waals surface area (Å²) in [5.41, 5.74) is 5.78. The number of nitrogens with zero attached hydrogens (tertiary/aromatic N) is 3. The summed E-state index contributed by atoms with van der Waals surface area (Å²) in [5, 5.41) is 11.3. The van der Waals surface area contributed by atoms with E-state index in [0.29, 0.717) is 17.7 Å². The van der Waals surface area contributed by atoms with Gasteiger partial charge < -0.3 is 31.9 Å². The molecule has 17 heteroatoms. The third-order valence-electron chi connectivity index (χ3n) is 12.7. The summed E-state index contributed by atoms with van der Waals surface area (Å²) in [6.07, 6.45) is 7.62. The van der Waals surface area contributed by atoms with Crippen LogP contribution in [0.3, 0.4) is 0 Å². The Morgan fingerprint density at radius 3 is 2.10 bits per heavy atom. The fraction of sp³-hybridized carbons (Fsp3) is 0.500. The SMILES string of the molecule is CCC[C@H](CC(=O)[C@@H]1CN(C(=O)Nc2ccccc2)CC1NC(=O)[C@@H](CC(=O)[C@@H](NC(=O)c1cnccn1)C1CCCCC1)C(C)(C)C)C(=O)C(=O)CCC(=O)N[C@H](C(N)=O)c1ccccc1. The van der Waals surface area contributed by atoms with Crippen LogP contribution in [0.15, 0.2) is 79.3 Å². The molecule has 6 amide bonds.